The summed E-state index contributed by atoms with van der Waals surface area (Å²) in [6.07, 6.45) is 10.2. The Kier molecular flexibility index (Phi) is 6.59. The number of amides is 2. The molecule has 0 unspecified atom stereocenters. The second-order valence-electron chi connectivity index (χ2n) is 13.0. The topological polar surface area (TPSA) is 142 Å². The molecule has 2 fully saturated rings. The Hall–Kier alpha value is -4.97. The van der Waals surface area contributed by atoms with Crippen LogP contribution in [0.1, 0.15) is 67.1 Å². The zero-order valence-electron chi connectivity index (χ0n) is 25.7. The number of hydrogen-bond donors (Lipinski definition) is 1. The molecule has 47 heavy (non-hydrogen) atoms. The van der Waals surface area contributed by atoms with Gasteiger partial charge in [-0.15, -0.1) is 0 Å². The second kappa shape index (κ2) is 10.5. The van der Waals surface area contributed by atoms with Crippen LogP contribution in [0.2, 0.25) is 5.02 Å². The van der Waals surface area contributed by atoms with Crippen LogP contribution >= 0.6 is 11.6 Å². The van der Waals surface area contributed by atoms with Gasteiger partial charge in [-0.05, 0) is 81.7 Å². The minimum absolute atomic E-state index is 0.108. The Balaban J connectivity index is 1.30. The monoisotopic (exact) mass is 652 g/mol. The Bertz CT molecular complexity index is 2090. The van der Waals surface area contributed by atoms with Gasteiger partial charge in [0.2, 0.25) is 0 Å². The van der Waals surface area contributed by atoms with E-state index in [0.717, 1.165) is 31.4 Å². The van der Waals surface area contributed by atoms with Crippen LogP contribution < -0.4 is 15.4 Å². The summed E-state index contributed by atoms with van der Waals surface area (Å²) in [5.74, 6) is 0.0166. The molecular weight excluding hydrogens is 623 g/mol. The van der Waals surface area contributed by atoms with Crippen LogP contribution in [0.3, 0.4) is 0 Å². The minimum Gasteiger partial charge on any atom is -0.476 e. The van der Waals surface area contributed by atoms with Gasteiger partial charge in [0, 0.05) is 18.0 Å². The fraction of sp³-hybridized carbons (Fsp3) is 0.324. The standard InChI is InChI=1S/C34H30ClFN8O3/c1-33(2)32(46)43(16-26-39-13-20(35)14-40-26)23-7-5-19(12-24(23)47-33)27-28(30(37)45)22(11-18-3-4-18)42-31-29(27)41-17-44(31)34(9-10-34)25-8-6-21(36)15-38-25/h5-8,12-15,17-18H,3-4,9-11,16H2,1-2H3,(H2,37,45). The molecule has 5 aromatic rings. The van der Waals surface area contributed by atoms with Gasteiger partial charge in [-0.2, -0.15) is 0 Å². The van der Waals surface area contributed by atoms with E-state index in [2.05, 4.69) is 15.0 Å². The molecule has 0 spiro atoms. The van der Waals surface area contributed by atoms with E-state index in [1.165, 1.54) is 24.7 Å². The summed E-state index contributed by atoms with van der Waals surface area (Å²) < 4.78 is 22.1. The molecule has 2 saturated carbocycles. The van der Waals surface area contributed by atoms with Crippen molar-refractivity contribution < 1.29 is 18.7 Å². The molecule has 0 saturated heterocycles. The fourth-order valence-corrected chi connectivity index (χ4v) is 6.61. The molecule has 11 nitrogen and oxygen atoms in total. The van der Waals surface area contributed by atoms with E-state index in [0.29, 0.717) is 68.2 Å². The number of pyridine rings is 2. The fourth-order valence-electron chi connectivity index (χ4n) is 6.51. The third-order valence-electron chi connectivity index (χ3n) is 9.21. The first-order valence-electron chi connectivity index (χ1n) is 15.5. The number of nitrogens with two attached hydrogens (primary N) is 1. The largest absolute Gasteiger partial charge is 0.476 e. The Morgan fingerprint density at radius 3 is 2.51 bits per heavy atom. The number of carbonyl (C=O) groups is 2. The van der Waals surface area contributed by atoms with E-state index in [-0.39, 0.29) is 12.5 Å². The summed E-state index contributed by atoms with van der Waals surface area (Å²) in [6, 6.07) is 8.54. The summed E-state index contributed by atoms with van der Waals surface area (Å²) in [7, 11) is 0. The maximum atomic E-state index is 13.8. The highest BCUT2D eigenvalue weighted by atomic mass is 35.5. The number of nitrogens with zero attached hydrogens (tertiary/aromatic N) is 7. The lowest BCUT2D eigenvalue weighted by atomic mass is 9.94. The molecule has 0 radical (unpaired) electrons. The first-order valence-corrected chi connectivity index (χ1v) is 15.9. The number of benzene rings is 1. The van der Waals surface area contributed by atoms with E-state index in [1.54, 1.807) is 37.2 Å². The molecule has 5 heterocycles. The lowest BCUT2D eigenvalue weighted by Gasteiger charge is -2.38. The van der Waals surface area contributed by atoms with Crippen LogP contribution in [0.15, 0.2) is 55.2 Å². The van der Waals surface area contributed by atoms with Crippen LogP contribution in [-0.4, -0.2) is 46.9 Å². The quantitative estimate of drug-likeness (QED) is 0.236. The molecule has 1 aromatic carbocycles. The highest BCUT2D eigenvalue weighted by Gasteiger charge is 2.49. The molecule has 4 aromatic heterocycles. The third-order valence-corrected chi connectivity index (χ3v) is 9.41. The minimum atomic E-state index is -1.20. The van der Waals surface area contributed by atoms with Crippen molar-refractivity contribution in [1.82, 2.24) is 29.5 Å². The maximum absolute atomic E-state index is 13.8. The van der Waals surface area contributed by atoms with Crippen LogP contribution in [0.5, 0.6) is 5.75 Å². The third kappa shape index (κ3) is 4.98. The van der Waals surface area contributed by atoms with Crippen molar-refractivity contribution in [3.05, 3.63) is 88.9 Å². The number of fused-ring (bicyclic) bond motifs is 2. The summed E-state index contributed by atoms with van der Waals surface area (Å²) in [4.78, 5) is 51.2. The van der Waals surface area contributed by atoms with Gasteiger partial charge in [0.25, 0.3) is 11.8 Å². The van der Waals surface area contributed by atoms with Crippen molar-refractivity contribution in [2.45, 2.75) is 63.6 Å². The number of ether oxygens (including phenoxy) is 1. The van der Waals surface area contributed by atoms with Crippen LogP contribution in [0, 0.1) is 11.7 Å². The summed E-state index contributed by atoms with van der Waals surface area (Å²) >= 11 is 5.98. The van der Waals surface area contributed by atoms with Crippen molar-refractivity contribution in [1.29, 1.82) is 0 Å². The molecule has 0 atom stereocenters. The van der Waals surface area contributed by atoms with Gasteiger partial charge < -0.3 is 15.0 Å². The zero-order valence-corrected chi connectivity index (χ0v) is 26.5. The number of anilines is 1. The van der Waals surface area contributed by atoms with Gasteiger partial charge in [-0.25, -0.2) is 24.3 Å². The Morgan fingerprint density at radius 1 is 1.09 bits per heavy atom. The summed E-state index contributed by atoms with van der Waals surface area (Å²) in [6.45, 7) is 3.51. The number of primary amides is 1. The Morgan fingerprint density at radius 2 is 1.85 bits per heavy atom. The number of halogens is 2. The van der Waals surface area contributed by atoms with E-state index < -0.39 is 22.9 Å². The predicted molar refractivity (Wildman–Crippen MR) is 171 cm³/mol. The average Bonchev–Trinajstić information content (AvgIpc) is 3.98. The molecule has 0 bridgehead atoms. The van der Waals surface area contributed by atoms with Crippen LogP contribution in [-0.2, 0) is 23.3 Å². The molecule has 1 aliphatic heterocycles. The van der Waals surface area contributed by atoms with Crippen molar-refractivity contribution in [3.8, 4) is 16.9 Å². The molecule has 2 amide bonds. The van der Waals surface area contributed by atoms with E-state index in [4.69, 9.17) is 32.0 Å². The second-order valence-corrected chi connectivity index (χ2v) is 13.4. The lowest BCUT2D eigenvalue weighted by molar-refractivity contribution is -0.132. The first kappa shape index (κ1) is 29.4. The maximum Gasteiger partial charge on any atom is 0.271 e. The smallest absolute Gasteiger partial charge is 0.271 e. The molecule has 2 N–H and O–H groups in total. The van der Waals surface area contributed by atoms with Crippen LogP contribution in [0.25, 0.3) is 22.3 Å². The number of imidazole rings is 1. The van der Waals surface area contributed by atoms with Gasteiger partial charge in [0.05, 0.1) is 52.3 Å². The number of carbonyl (C=O) groups excluding carboxylic acids is 2. The van der Waals surface area contributed by atoms with Gasteiger partial charge >= 0.3 is 0 Å². The SMILES string of the molecule is CC1(C)Oc2cc(-c3c(C(N)=O)c(CC4CC4)nc4c3ncn4C3(c4ccc(F)cn4)CC3)ccc2N(Cc2ncc(Cl)cn2)C1=O. The highest BCUT2D eigenvalue weighted by molar-refractivity contribution is 6.30. The molecule has 2 aliphatic carbocycles. The number of aromatic nitrogens is 6. The van der Waals surface area contributed by atoms with E-state index in [1.807, 2.05) is 16.7 Å². The Labute approximate surface area is 274 Å². The molecule has 8 rings (SSSR count). The summed E-state index contributed by atoms with van der Waals surface area (Å²) in [5.41, 5.74) is 8.86. The molecule has 13 heteroatoms. The van der Waals surface area contributed by atoms with E-state index in [9.17, 15) is 14.0 Å². The molecule has 238 valence electrons. The molecule has 3 aliphatic rings. The number of rotatable bonds is 8. The van der Waals surface area contributed by atoms with Gasteiger partial charge in [-0.1, -0.05) is 17.7 Å². The number of hydrogen-bond acceptors (Lipinski definition) is 8. The lowest BCUT2D eigenvalue weighted by Crippen LogP contribution is -2.52. The first-order chi connectivity index (χ1) is 22.5. The van der Waals surface area contributed by atoms with Crippen molar-refractivity contribution in [2.24, 2.45) is 11.7 Å². The van der Waals surface area contributed by atoms with Gasteiger partial charge in [-0.3, -0.25) is 19.5 Å². The van der Waals surface area contributed by atoms with E-state index >= 15 is 0 Å². The van der Waals surface area contributed by atoms with Crippen molar-refractivity contribution >= 4 is 40.3 Å². The summed E-state index contributed by atoms with van der Waals surface area (Å²) in [5, 5.41) is 0.395. The van der Waals surface area contributed by atoms with Crippen molar-refractivity contribution in [3.63, 3.8) is 0 Å². The highest BCUT2D eigenvalue weighted by Crippen LogP contribution is 2.51. The van der Waals surface area contributed by atoms with Crippen LogP contribution in [0.4, 0.5) is 10.1 Å². The average molecular weight is 653 g/mol. The van der Waals surface area contributed by atoms with Gasteiger partial charge in [0.1, 0.15) is 22.9 Å². The van der Waals surface area contributed by atoms with Gasteiger partial charge in [0.15, 0.2) is 11.2 Å². The predicted octanol–water partition coefficient (Wildman–Crippen LogP) is 5.37. The zero-order chi connectivity index (χ0) is 32.7. The normalized spacial score (nSPS) is 17.8. The molecular formula is C34H30ClFN8O3. The van der Waals surface area contributed by atoms with Crippen molar-refractivity contribution in [2.75, 3.05) is 4.90 Å².